The van der Waals surface area contributed by atoms with E-state index in [0.717, 1.165) is 12.0 Å². The van der Waals surface area contributed by atoms with E-state index < -0.39 is 0 Å². The fourth-order valence-corrected chi connectivity index (χ4v) is 3.75. The topological polar surface area (TPSA) is 51.0 Å². The van der Waals surface area contributed by atoms with E-state index >= 15 is 0 Å². The molecule has 1 aliphatic heterocycles. The van der Waals surface area contributed by atoms with Gasteiger partial charge in [-0.05, 0) is 24.5 Å². The van der Waals surface area contributed by atoms with Gasteiger partial charge in [-0.1, -0.05) is 74.0 Å². The van der Waals surface area contributed by atoms with Crippen molar-refractivity contribution in [2.45, 2.75) is 39.3 Å². The number of nitrogens with zero attached hydrogens (tertiary/aromatic N) is 4. The number of aryl methyl sites for hydroxylation is 1. The molecule has 5 heteroatoms. The van der Waals surface area contributed by atoms with Crippen molar-refractivity contribution in [3.8, 4) is 0 Å². The molecule has 0 aliphatic carbocycles. The van der Waals surface area contributed by atoms with E-state index in [0.29, 0.717) is 5.95 Å². The lowest BCUT2D eigenvalue weighted by molar-refractivity contribution is -0.122. The van der Waals surface area contributed by atoms with Gasteiger partial charge in [-0.3, -0.25) is 9.69 Å². The maximum atomic E-state index is 13.1. The summed E-state index contributed by atoms with van der Waals surface area (Å²) in [4.78, 5) is 19.4. The highest BCUT2D eigenvalue weighted by Crippen LogP contribution is 2.42. The molecule has 4 rings (SSSR count). The Hall–Kier alpha value is -2.95. The maximum Gasteiger partial charge on any atom is 0.232 e. The molecule has 0 N–H and O–H groups in total. The first-order valence-corrected chi connectivity index (χ1v) is 9.40. The lowest BCUT2D eigenvalue weighted by atomic mass is 9.91. The highest BCUT2D eigenvalue weighted by Gasteiger charge is 2.39. The van der Waals surface area contributed by atoms with Crippen LogP contribution in [0.1, 0.15) is 49.0 Å². The largest absolute Gasteiger partial charge is 0.274 e. The van der Waals surface area contributed by atoms with Crippen molar-refractivity contribution in [1.29, 1.82) is 0 Å². The Labute approximate surface area is 159 Å². The molecular weight excluding hydrogens is 336 g/mol. The lowest BCUT2D eigenvalue weighted by Crippen LogP contribution is -2.44. The first-order valence-electron chi connectivity index (χ1n) is 9.40. The van der Waals surface area contributed by atoms with Crippen molar-refractivity contribution in [2.75, 3.05) is 4.90 Å². The molecule has 0 radical (unpaired) electrons. The molecule has 1 amide bonds. The third kappa shape index (κ3) is 3.14. The summed E-state index contributed by atoms with van der Waals surface area (Å²) in [6.45, 7) is 5.94. The Kier molecular flexibility index (Phi) is 4.52. The molecule has 2 atom stereocenters. The number of hydrogen-bond donors (Lipinski definition) is 0. The zero-order valence-electron chi connectivity index (χ0n) is 15.9. The van der Waals surface area contributed by atoms with E-state index in [2.05, 4.69) is 53.4 Å². The van der Waals surface area contributed by atoms with Gasteiger partial charge in [0.15, 0.2) is 0 Å². The zero-order chi connectivity index (χ0) is 19.0. The van der Waals surface area contributed by atoms with Gasteiger partial charge in [0.25, 0.3) is 0 Å². The van der Waals surface area contributed by atoms with E-state index in [1.807, 2.05) is 41.6 Å². The van der Waals surface area contributed by atoms with Gasteiger partial charge in [-0.25, -0.2) is 4.68 Å². The molecule has 5 nitrogen and oxygen atoms in total. The number of anilines is 1. The zero-order valence-corrected chi connectivity index (χ0v) is 15.9. The van der Waals surface area contributed by atoms with Crippen LogP contribution in [0, 0.1) is 12.8 Å². The summed E-state index contributed by atoms with van der Waals surface area (Å²) >= 11 is 0. The minimum atomic E-state index is -0.114. The van der Waals surface area contributed by atoms with Gasteiger partial charge in [-0.15, -0.1) is 0 Å². The maximum absolute atomic E-state index is 13.1. The first kappa shape index (κ1) is 17.5. The number of carbonyl (C=O) groups excluding carboxylic acids is 1. The van der Waals surface area contributed by atoms with Crippen LogP contribution < -0.4 is 4.90 Å². The van der Waals surface area contributed by atoms with Gasteiger partial charge < -0.3 is 0 Å². The van der Waals surface area contributed by atoms with Crippen molar-refractivity contribution in [2.24, 2.45) is 5.92 Å². The van der Waals surface area contributed by atoms with Gasteiger partial charge >= 0.3 is 0 Å². The minimum absolute atomic E-state index is 0.0459. The average Bonchev–Trinajstić information content (AvgIpc) is 3.17. The Balaban J connectivity index is 1.84. The standard InChI is InChI=1S/C22H24N4O/c1-15(2)21(27)25-19(17-7-5-4-6-8-17)13-20(26-22(25)23-14-24-26)18-11-9-16(3)10-12-18/h4-12,14-15,19-20H,13H2,1-3H3. The SMILES string of the molecule is Cc1ccc(C2CC(c3ccccc3)N(C(=O)C(C)C)c3ncnn32)cc1. The second-order valence-corrected chi connectivity index (χ2v) is 7.46. The average molecular weight is 360 g/mol. The number of benzene rings is 2. The molecule has 3 aromatic rings. The molecule has 138 valence electrons. The van der Waals surface area contributed by atoms with Gasteiger partial charge in [0.2, 0.25) is 11.9 Å². The number of aromatic nitrogens is 3. The molecule has 0 fully saturated rings. The van der Waals surface area contributed by atoms with E-state index in [1.165, 1.54) is 11.1 Å². The number of carbonyl (C=O) groups is 1. The van der Waals surface area contributed by atoms with Crippen LogP contribution in [0.25, 0.3) is 0 Å². The number of rotatable bonds is 3. The number of amides is 1. The molecule has 2 aromatic carbocycles. The number of fused-ring (bicyclic) bond motifs is 1. The highest BCUT2D eigenvalue weighted by molar-refractivity contribution is 5.94. The van der Waals surface area contributed by atoms with Crippen molar-refractivity contribution in [3.05, 3.63) is 77.6 Å². The van der Waals surface area contributed by atoms with Gasteiger partial charge in [0.1, 0.15) is 6.33 Å². The van der Waals surface area contributed by atoms with Crippen LogP contribution in [0.2, 0.25) is 0 Å². The van der Waals surface area contributed by atoms with Gasteiger partial charge in [-0.2, -0.15) is 10.1 Å². The predicted octanol–water partition coefficient (Wildman–Crippen LogP) is 4.31. The van der Waals surface area contributed by atoms with E-state index in [-0.39, 0.29) is 23.9 Å². The van der Waals surface area contributed by atoms with Crippen molar-refractivity contribution >= 4 is 11.9 Å². The highest BCUT2D eigenvalue weighted by atomic mass is 16.2. The molecule has 1 aliphatic rings. The fourth-order valence-electron chi connectivity index (χ4n) is 3.75. The summed E-state index contributed by atoms with van der Waals surface area (Å²) in [5, 5.41) is 4.47. The van der Waals surface area contributed by atoms with E-state index in [9.17, 15) is 4.79 Å². The Morgan fingerprint density at radius 1 is 1.00 bits per heavy atom. The van der Waals surface area contributed by atoms with Crippen LogP contribution in [-0.4, -0.2) is 20.7 Å². The second-order valence-electron chi connectivity index (χ2n) is 7.46. The van der Waals surface area contributed by atoms with Crippen molar-refractivity contribution in [3.63, 3.8) is 0 Å². The normalized spacial score (nSPS) is 19.2. The fraction of sp³-hybridized carbons (Fsp3) is 0.318. The summed E-state index contributed by atoms with van der Waals surface area (Å²) in [6.07, 6.45) is 2.31. The summed E-state index contributed by atoms with van der Waals surface area (Å²) in [5.74, 6) is 0.581. The van der Waals surface area contributed by atoms with Crippen molar-refractivity contribution < 1.29 is 4.79 Å². The van der Waals surface area contributed by atoms with Crippen LogP contribution in [0.5, 0.6) is 0 Å². The van der Waals surface area contributed by atoms with E-state index in [1.54, 1.807) is 6.33 Å². The van der Waals surface area contributed by atoms with Crippen LogP contribution in [0.4, 0.5) is 5.95 Å². The molecule has 0 saturated carbocycles. The number of hydrogen-bond acceptors (Lipinski definition) is 3. The Morgan fingerprint density at radius 2 is 1.67 bits per heavy atom. The third-order valence-electron chi connectivity index (χ3n) is 5.20. The molecule has 0 saturated heterocycles. The summed E-state index contributed by atoms with van der Waals surface area (Å²) < 4.78 is 1.89. The summed E-state index contributed by atoms with van der Waals surface area (Å²) in [5.41, 5.74) is 3.53. The molecular formula is C22H24N4O. The molecule has 0 bridgehead atoms. The summed E-state index contributed by atoms with van der Waals surface area (Å²) in [6, 6.07) is 18.7. The predicted molar refractivity (Wildman–Crippen MR) is 105 cm³/mol. The molecule has 2 unspecified atom stereocenters. The lowest BCUT2D eigenvalue weighted by Gasteiger charge is -2.39. The van der Waals surface area contributed by atoms with Crippen LogP contribution >= 0.6 is 0 Å². The van der Waals surface area contributed by atoms with Gasteiger partial charge in [0.05, 0.1) is 12.1 Å². The van der Waals surface area contributed by atoms with E-state index in [4.69, 9.17) is 0 Å². The third-order valence-corrected chi connectivity index (χ3v) is 5.20. The Morgan fingerprint density at radius 3 is 2.33 bits per heavy atom. The molecule has 0 spiro atoms. The second kappa shape index (κ2) is 6.99. The van der Waals surface area contributed by atoms with Crippen LogP contribution in [-0.2, 0) is 4.79 Å². The van der Waals surface area contributed by atoms with Gasteiger partial charge in [0, 0.05) is 5.92 Å². The monoisotopic (exact) mass is 360 g/mol. The molecule has 27 heavy (non-hydrogen) atoms. The molecule has 1 aromatic heterocycles. The quantitative estimate of drug-likeness (QED) is 0.699. The summed E-state index contributed by atoms with van der Waals surface area (Å²) in [7, 11) is 0. The first-order chi connectivity index (χ1) is 13.1. The Bertz CT molecular complexity index is 930. The smallest absolute Gasteiger partial charge is 0.232 e. The minimum Gasteiger partial charge on any atom is -0.274 e. The van der Waals surface area contributed by atoms with Crippen molar-refractivity contribution in [1.82, 2.24) is 14.8 Å². The van der Waals surface area contributed by atoms with Crippen LogP contribution in [0.3, 0.4) is 0 Å². The molecule has 2 heterocycles. The van der Waals surface area contributed by atoms with Crippen LogP contribution in [0.15, 0.2) is 60.9 Å².